The van der Waals surface area contributed by atoms with E-state index in [1.165, 1.54) is 12.3 Å². The molecule has 0 aliphatic heterocycles. The summed E-state index contributed by atoms with van der Waals surface area (Å²) in [7, 11) is 0. The summed E-state index contributed by atoms with van der Waals surface area (Å²) in [5.74, 6) is -1.65. The molecule has 1 amide bonds. The molecular weight excluding hydrogens is 366 g/mol. The number of rotatable bonds is 7. The van der Waals surface area contributed by atoms with Crippen LogP contribution in [-0.2, 0) is 17.9 Å². The number of aromatic nitrogens is 3. The van der Waals surface area contributed by atoms with Crippen LogP contribution in [0.15, 0.2) is 55.0 Å². The normalized spacial score (nSPS) is 14.5. The average Bonchev–Trinajstić information content (AvgIpc) is 3.29. The fourth-order valence-corrected chi connectivity index (χ4v) is 2.98. The van der Waals surface area contributed by atoms with Gasteiger partial charge in [-0.3, -0.25) is 9.48 Å². The second-order valence-electron chi connectivity index (χ2n) is 6.81. The molecule has 144 valence electrons. The molecule has 28 heavy (non-hydrogen) atoms. The highest BCUT2D eigenvalue weighted by Crippen LogP contribution is 2.47. The lowest BCUT2D eigenvalue weighted by atomic mass is 10.1. The van der Waals surface area contributed by atoms with Crippen LogP contribution in [0.25, 0.3) is 0 Å². The minimum atomic E-state index is -1.00. The van der Waals surface area contributed by atoms with Crippen molar-refractivity contribution in [3.63, 3.8) is 0 Å². The first-order valence-corrected chi connectivity index (χ1v) is 8.88. The summed E-state index contributed by atoms with van der Waals surface area (Å²) in [4.78, 5) is 16.8. The van der Waals surface area contributed by atoms with E-state index >= 15 is 0 Å². The van der Waals surface area contributed by atoms with Gasteiger partial charge in [0, 0.05) is 36.8 Å². The zero-order valence-corrected chi connectivity index (χ0v) is 14.9. The minimum Gasteiger partial charge on any atom is -0.439 e. The number of hydrogen-bond acceptors (Lipinski definition) is 4. The van der Waals surface area contributed by atoms with Crippen molar-refractivity contribution in [2.24, 2.45) is 5.41 Å². The molecule has 0 spiro atoms. The van der Waals surface area contributed by atoms with E-state index in [4.69, 9.17) is 4.74 Å². The van der Waals surface area contributed by atoms with Crippen LogP contribution in [-0.4, -0.2) is 20.7 Å². The lowest BCUT2D eigenvalue weighted by molar-refractivity contribution is -0.127. The van der Waals surface area contributed by atoms with Crippen molar-refractivity contribution >= 4 is 5.91 Å². The Kier molecular flexibility index (Phi) is 4.77. The summed E-state index contributed by atoms with van der Waals surface area (Å²) in [6.45, 7) is 0.754. The molecule has 0 bridgehead atoms. The Morgan fingerprint density at radius 1 is 1.18 bits per heavy atom. The fourth-order valence-electron chi connectivity index (χ4n) is 2.98. The number of ether oxygens (including phenoxy) is 1. The van der Waals surface area contributed by atoms with Crippen molar-refractivity contribution in [3.05, 3.63) is 72.2 Å². The van der Waals surface area contributed by atoms with Crippen molar-refractivity contribution in [1.82, 2.24) is 20.1 Å². The largest absolute Gasteiger partial charge is 0.439 e. The summed E-state index contributed by atoms with van der Waals surface area (Å²) in [6.07, 6.45) is 6.67. The predicted octanol–water partition coefficient (Wildman–Crippen LogP) is 3.45. The molecule has 0 atom stereocenters. The number of amides is 1. The van der Waals surface area contributed by atoms with Gasteiger partial charge in [-0.15, -0.1) is 0 Å². The van der Waals surface area contributed by atoms with Crippen molar-refractivity contribution in [2.75, 3.05) is 0 Å². The third-order valence-electron chi connectivity index (χ3n) is 4.75. The van der Waals surface area contributed by atoms with Gasteiger partial charge in [0.2, 0.25) is 11.8 Å². The SMILES string of the molecule is O=C(NCc1cccnc1Oc1ccc(F)c(F)c1)C1(Cn2cccn2)CC1. The van der Waals surface area contributed by atoms with Crippen LogP contribution in [0, 0.1) is 17.0 Å². The summed E-state index contributed by atoms with van der Waals surface area (Å²) in [5, 5.41) is 7.09. The number of halogens is 2. The molecule has 0 unspecified atom stereocenters. The van der Waals surface area contributed by atoms with Gasteiger partial charge in [-0.2, -0.15) is 5.10 Å². The van der Waals surface area contributed by atoms with Gasteiger partial charge < -0.3 is 10.1 Å². The van der Waals surface area contributed by atoms with Crippen LogP contribution in [0.1, 0.15) is 18.4 Å². The average molecular weight is 384 g/mol. The van der Waals surface area contributed by atoms with Gasteiger partial charge in [-0.1, -0.05) is 6.07 Å². The Labute approximate surface area is 160 Å². The molecular formula is C20H18F2N4O2. The number of pyridine rings is 1. The maximum absolute atomic E-state index is 13.4. The topological polar surface area (TPSA) is 69.0 Å². The van der Waals surface area contributed by atoms with Gasteiger partial charge in [0.05, 0.1) is 12.0 Å². The third kappa shape index (κ3) is 3.85. The van der Waals surface area contributed by atoms with Crippen LogP contribution in [0.4, 0.5) is 8.78 Å². The summed E-state index contributed by atoms with van der Waals surface area (Å²) >= 11 is 0. The second kappa shape index (κ2) is 7.38. The Bertz CT molecular complexity index is 988. The molecule has 8 heteroatoms. The molecule has 4 rings (SSSR count). The van der Waals surface area contributed by atoms with Crippen LogP contribution in [0.2, 0.25) is 0 Å². The number of hydrogen-bond donors (Lipinski definition) is 1. The first kappa shape index (κ1) is 18.1. The molecule has 1 aliphatic rings. The first-order chi connectivity index (χ1) is 13.6. The molecule has 1 aromatic carbocycles. The van der Waals surface area contributed by atoms with E-state index in [2.05, 4.69) is 15.4 Å². The zero-order chi connectivity index (χ0) is 19.6. The predicted molar refractivity (Wildman–Crippen MR) is 96.4 cm³/mol. The number of nitrogens with one attached hydrogen (secondary N) is 1. The Hall–Kier alpha value is -3.29. The summed E-state index contributed by atoms with van der Waals surface area (Å²) in [6, 6.07) is 8.56. The van der Waals surface area contributed by atoms with E-state index in [9.17, 15) is 13.6 Å². The number of nitrogens with zero attached hydrogens (tertiary/aromatic N) is 3. The van der Waals surface area contributed by atoms with E-state index < -0.39 is 17.0 Å². The maximum Gasteiger partial charge on any atom is 0.228 e. The van der Waals surface area contributed by atoms with Crippen molar-refractivity contribution in [1.29, 1.82) is 0 Å². The monoisotopic (exact) mass is 384 g/mol. The molecule has 1 aliphatic carbocycles. The number of benzene rings is 1. The number of carbonyl (C=O) groups excluding carboxylic acids is 1. The molecule has 6 nitrogen and oxygen atoms in total. The molecule has 2 aromatic heterocycles. The highest BCUT2D eigenvalue weighted by molar-refractivity contribution is 5.85. The lowest BCUT2D eigenvalue weighted by Gasteiger charge is -2.16. The molecule has 3 aromatic rings. The van der Waals surface area contributed by atoms with E-state index in [1.54, 1.807) is 23.0 Å². The molecule has 0 saturated heterocycles. The van der Waals surface area contributed by atoms with Gasteiger partial charge in [-0.05, 0) is 37.1 Å². The highest BCUT2D eigenvalue weighted by Gasteiger charge is 2.50. The Morgan fingerprint density at radius 2 is 2.04 bits per heavy atom. The van der Waals surface area contributed by atoms with Gasteiger partial charge in [-0.25, -0.2) is 13.8 Å². The molecule has 1 N–H and O–H groups in total. The first-order valence-electron chi connectivity index (χ1n) is 8.88. The van der Waals surface area contributed by atoms with E-state index in [1.807, 2.05) is 12.3 Å². The molecule has 0 radical (unpaired) electrons. The quantitative estimate of drug-likeness (QED) is 0.678. The smallest absolute Gasteiger partial charge is 0.228 e. The Morgan fingerprint density at radius 3 is 2.75 bits per heavy atom. The fraction of sp³-hybridized carbons (Fsp3) is 0.250. The molecule has 1 saturated carbocycles. The van der Waals surface area contributed by atoms with Gasteiger partial charge in [0.25, 0.3) is 0 Å². The van der Waals surface area contributed by atoms with Crippen molar-refractivity contribution in [3.8, 4) is 11.6 Å². The van der Waals surface area contributed by atoms with Crippen molar-refractivity contribution < 1.29 is 18.3 Å². The van der Waals surface area contributed by atoms with E-state index in [0.29, 0.717) is 12.1 Å². The van der Waals surface area contributed by atoms with E-state index in [0.717, 1.165) is 25.0 Å². The van der Waals surface area contributed by atoms with Crippen LogP contribution < -0.4 is 10.1 Å². The van der Waals surface area contributed by atoms with Gasteiger partial charge >= 0.3 is 0 Å². The zero-order valence-electron chi connectivity index (χ0n) is 14.9. The maximum atomic E-state index is 13.4. The molecule has 2 heterocycles. The van der Waals surface area contributed by atoms with Gasteiger partial charge in [0.15, 0.2) is 11.6 Å². The Balaban J connectivity index is 1.42. The highest BCUT2D eigenvalue weighted by atomic mass is 19.2. The summed E-state index contributed by atoms with van der Waals surface area (Å²) in [5.41, 5.74) is 0.200. The standard InChI is InChI=1S/C20H18F2N4O2/c21-16-5-4-15(11-17(16)22)28-18-14(3-1-8-23-18)12-24-19(27)20(6-7-20)13-26-10-2-9-25-26/h1-5,8-11H,6-7,12-13H2,(H,24,27). The second-order valence-corrected chi connectivity index (χ2v) is 6.81. The van der Waals surface area contributed by atoms with Crippen molar-refractivity contribution in [2.45, 2.75) is 25.9 Å². The van der Waals surface area contributed by atoms with Gasteiger partial charge in [0.1, 0.15) is 5.75 Å². The van der Waals surface area contributed by atoms with E-state index in [-0.39, 0.29) is 24.1 Å². The lowest BCUT2D eigenvalue weighted by Crippen LogP contribution is -2.34. The van der Waals surface area contributed by atoms with Crippen LogP contribution in [0.3, 0.4) is 0 Å². The third-order valence-corrected chi connectivity index (χ3v) is 4.75. The number of carbonyl (C=O) groups is 1. The minimum absolute atomic E-state index is 0.0503. The van der Waals surface area contributed by atoms with Crippen LogP contribution >= 0.6 is 0 Å². The van der Waals surface area contributed by atoms with Crippen LogP contribution in [0.5, 0.6) is 11.6 Å². The summed E-state index contributed by atoms with van der Waals surface area (Å²) < 4.78 is 33.8. The molecule has 1 fully saturated rings.